The quantitative estimate of drug-likeness (QED) is 0.636. The zero-order valence-electron chi connectivity index (χ0n) is 12.8. The summed E-state index contributed by atoms with van der Waals surface area (Å²) in [7, 11) is 1.40. The summed E-state index contributed by atoms with van der Waals surface area (Å²) in [6.07, 6.45) is 6.21. The Bertz CT molecular complexity index is 931. The van der Waals surface area contributed by atoms with Gasteiger partial charge in [0, 0.05) is 22.9 Å². The minimum Gasteiger partial charge on any atom is -0.465 e. The predicted octanol–water partition coefficient (Wildman–Crippen LogP) is 4.85. The van der Waals surface area contributed by atoms with Crippen molar-refractivity contribution in [3.05, 3.63) is 65.4 Å². The average Bonchev–Trinajstić information content (AvgIpc) is 3.00. The van der Waals surface area contributed by atoms with Crippen molar-refractivity contribution in [3.8, 4) is 11.1 Å². The number of carbonyl (C=O) groups excluding carboxylic acids is 1. The second kappa shape index (κ2) is 5.43. The van der Waals surface area contributed by atoms with Gasteiger partial charge in [0.05, 0.1) is 12.7 Å². The molecule has 3 nitrogen and oxygen atoms in total. The Kier molecular flexibility index (Phi) is 3.27. The molecule has 0 saturated carbocycles. The number of carbonyl (C=O) groups is 1. The Hall–Kier alpha value is -2.81. The van der Waals surface area contributed by atoms with Gasteiger partial charge in [-0.1, -0.05) is 48.6 Å². The first-order chi connectivity index (χ1) is 11.3. The lowest BCUT2D eigenvalue weighted by Crippen LogP contribution is -2.03. The summed E-state index contributed by atoms with van der Waals surface area (Å²) in [5.41, 5.74) is 4.29. The van der Waals surface area contributed by atoms with Crippen molar-refractivity contribution in [2.45, 2.75) is 12.8 Å². The summed E-state index contributed by atoms with van der Waals surface area (Å²) in [6, 6.07) is 13.5. The molecule has 1 heterocycles. The molecule has 0 bridgehead atoms. The molecule has 0 aliphatic heterocycles. The molecular weight excluding hydrogens is 288 g/mol. The minimum absolute atomic E-state index is 0.339. The van der Waals surface area contributed by atoms with Crippen LogP contribution in [0.25, 0.3) is 28.2 Å². The van der Waals surface area contributed by atoms with E-state index in [9.17, 15) is 4.79 Å². The molecule has 23 heavy (non-hydrogen) atoms. The van der Waals surface area contributed by atoms with Crippen LogP contribution in [0.4, 0.5) is 0 Å². The van der Waals surface area contributed by atoms with Crippen molar-refractivity contribution < 1.29 is 13.9 Å². The van der Waals surface area contributed by atoms with Gasteiger partial charge in [-0.3, -0.25) is 0 Å². The standard InChI is InChI=1S/C20H16O3/c1-22-20(21)17-9-3-2-7-13(17)15-10-6-11-16-14-8-4-5-12-18(14)23-19(15)16/h2-4,6-11H,5,12H2,1H3. The highest BCUT2D eigenvalue weighted by molar-refractivity contribution is 6.04. The van der Waals surface area contributed by atoms with E-state index in [1.807, 2.05) is 30.3 Å². The maximum Gasteiger partial charge on any atom is 0.338 e. The number of hydrogen-bond donors (Lipinski definition) is 0. The molecule has 0 unspecified atom stereocenters. The topological polar surface area (TPSA) is 39.4 Å². The van der Waals surface area contributed by atoms with E-state index < -0.39 is 0 Å². The fraction of sp³-hybridized carbons (Fsp3) is 0.150. The van der Waals surface area contributed by atoms with Crippen LogP contribution in [0.1, 0.15) is 28.1 Å². The molecule has 1 aliphatic rings. The molecule has 3 heteroatoms. The summed E-state index contributed by atoms with van der Waals surface area (Å²) < 4.78 is 11.1. The first-order valence-corrected chi connectivity index (χ1v) is 7.68. The molecular formula is C20H16O3. The van der Waals surface area contributed by atoms with Gasteiger partial charge in [-0.25, -0.2) is 4.79 Å². The Balaban J connectivity index is 1.99. The van der Waals surface area contributed by atoms with Crippen molar-refractivity contribution in [2.75, 3.05) is 7.11 Å². The lowest BCUT2D eigenvalue weighted by Gasteiger charge is -2.08. The normalized spacial score (nSPS) is 13.1. The number of hydrogen-bond acceptors (Lipinski definition) is 3. The number of aryl methyl sites for hydroxylation is 1. The van der Waals surface area contributed by atoms with Gasteiger partial charge in [0.15, 0.2) is 0 Å². The third-order valence-electron chi connectivity index (χ3n) is 4.28. The molecule has 114 valence electrons. The number of esters is 1. The Morgan fingerprint density at radius 2 is 1.91 bits per heavy atom. The van der Waals surface area contributed by atoms with Crippen molar-refractivity contribution in [3.63, 3.8) is 0 Å². The fourth-order valence-corrected chi connectivity index (χ4v) is 3.19. The number of benzene rings is 2. The van der Waals surface area contributed by atoms with Gasteiger partial charge in [-0.15, -0.1) is 0 Å². The van der Waals surface area contributed by atoms with Crippen molar-refractivity contribution in [2.24, 2.45) is 0 Å². The van der Waals surface area contributed by atoms with E-state index in [0.717, 1.165) is 46.3 Å². The summed E-state index contributed by atoms with van der Waals surface area (Å²) in [5.74, 6) is 0.680. The predicted molar refractivity (Wildman–Crippen MR) is 90.3 cm³/mol. The number of ether oxygens (including phenoxy) is 1. The molecule has 1 aromatic heterocycles. The minimum atomic E-state index is -0.339. The van der Waals surface area contributed by atoms with Crippen LogP contribution in [0.2, 0.25) is 0 Å². The van der Waals surface area contributed by atoms with Crippen LogP contribution < -0.4 is 0 Å². The van der Waals surface area contributed by atoms with Crippen LogP contribution in [0.3, 0.4) is 0 Å². The highest BCUT2D eigenvalue weighted by atomic mass is 16.5. The number of para-hydroxylation sites is 1. The fourth-order valence-electron chi connectivity index (χ4n) is 3.19. The molecule has 1 aliphatic carbocycles. The number of methoxy groups -OCH3 is 1. The first kappa shape index (κ1) is 13.8. The van der Waals surface area contributed by atoms with Crippen LogP contribution in [0.5, 0.6) is 0 Å². The number of furan rings is 1. The Morgan fingerprint density at radius 1 is 1.09 bits per heavy atom. The summed E-state index contributed by atoms with van der Waals surface area (Å²) in [6.45, 7) is 0. The zero-order valence-corrected chi connectivity index (χ0v) is 12.8. The number of rotatable bonds is 2. The molecule has 0 fully saturated rings. The molecule has 0 spiro atoms. The molecule has 0 atom stereocenters. The van der Waals surface area contributed by atoms with Gasteiger partial charge >= 0.3 is 5.97 Å². The van der Waals surface area contributed by atoms with E-state index in [4.69, 9.17) is 9.15 Å². The Morgan fingerprint density at radius 3 is 2.78 bits per heavy atom. The summed E-state index contributed by atoms with van der Waals surface area (Å²) >= 11 is 0. The van der Waals surface area contributed by atoms with E-state index in [-0.39, 0.29) is 5.97 Å². The SMILES string of the molecule is COC(=O)c1ccccc1-c1cccc2c3c(oc12)CCC=C3. The molecule has 0 N–H and O–H groups in total. The van der Waals surface area contributed by atoms with Crippen LogP contribution in [-0.2, 0) is 11.2 Å². The van der Waals surface area contributed by atoms with E-state index in [2.05, 4.69) is 18.2 Å². The third-order valence-corrected chi connectivity index (χ3v) is 4.28. The van der Waals surface area contributed by atoms with Crippen LogP contribution in [-0.4, -0.2) is 13.1 Å². The maximum atomic E-state index is 12.1. The largest absolute Gasteiger partial charge is 0.465 e. The molecule has 3 aromatic rings. The van der Waals surface area contributed by atoms with Crippen molar-refractivity contribution >= 4 is 23.0 Å². The molecule has 0 saturated heterocycles. The molecule has 4 rings (SSSR count). The average molecular weight is 304 g/mol. The van der Waals surface area contributed by atoms with E-state index >= 15 is 0 Å². The monoisotopic (exact) mass is 304 g/mol. The smallest absolute Gasteiger partial charge is 0.338 e. The second-order valence-electron chi connectivity index (χ2n) is 5.60. The number of allylic oxidation sites excluding steroid dienone is 1. The second-order valence-corrected chi connectivity index (χ2v) is 5.60. The van der Waals surface area contributed by atoms with E-state index in [1.54, 1.807) is 6.07 Å². The van der Waals surface area contributed by atoms with Gasteiger partial charge in [0.1, 0.15) is 11.3 Å². The van der Waals surface area contributed by atoms with Gasteiger partial charge in [-0.05, 0) is 18.1 Å². The van der Waals surface area contributed by atoms with Crippen molar-refractivity contribution in [1.82, 2.24) is 0 Å². The first-order valence-electron chi connectivity index (χ1n) is 7.68. The summed E-state index contributed by atoms with van der Waals surface area (Å²) in [4.78, 5) is 12.1. The molecule has 2 aromatic carbocycles. The Labute approximate surface area is 134 Å². The van der Waals surface area contributed by atoms with E-state index in [0.29, 0.717) is 5.56 Å². The van der Waals surface area contributed by atoms with Crippen LogP contribution in [0, 0.1) is 0 Å². The van der Waals surface area contributed by atoms with Gasteiger partial charge in [-0.2, -0.15) is 0 Å². The van der Waals surface area contributed by atoms with Crippen LogP contribution in [0.15, 0.2) is 53.0 Å². The maximum absolute atomic E-state index is 12.1. The molecule has 0 radical (unpaired) electrons. The highest BCUT2D eigenvalue weighted by Gasteiger charge is 2.20. The lowest BCUT2D eigenvalue weighted by atomic mass is 9.96. The zero-order chi connectivity index (χ0) is 15.8. The van der Waals surface area contributed by atoms with Gasteiger partial charge < -0.3 is 9.15 Å². The van der Waals surface area contributed by atoms with E-state index in [1.165, 1.54) is 7.11 Å². The number of fused-ring (bicyclic) bond motifs is 3. The van der Waals surface area contributed by atoms with Crippen LogP contribution >= 0.6 is 0 Å². The van der Waals surface area contributed by atoms with Gasteiger partial charge in [0.25, 0.3) is 0 Å². The highest BCUT2D eigenvalue weighted by Crippen LogP contribution is 2.37. The molecule has 0 amide bonds. The lowest BCUT2D eigenvalue weighted by molar-refractivity contribution is 0.0601. The summed E-state index contributed by atoms with van der Waals surface area (Å²) in [5, 5.41) is 1.09. The van der Waals surface area contributed by atoms with Gasteiger partial charge in [0.2, 0.25) is 0 Å². The van der Waals surface area contributed by atoms with Crippen molar-refractivity contribution in [1.29, 1.82) is 0 Å². The third kappa shape index (κ3) is 2.16.